The van der Waals surface area contributed by atoms with Crippen LogP contribution in [0.4, 0.5) is 0 Å². The largest absolute Gasteiger partial charge is 0.451 e. The standard InChI is InChI=1S/C21H21NO3S/c1-21(2)19(22-16(23)13-17(22)26-21)20(24)25-18(14-9-5-3-6-10-14)15-11-7-4-8-12-15/h3-12,17-19H,13H2,1-2H3/t17?,19-/m0/s1. The first-order chi connectivity index (χ1) is 12.5. The molecule has 0 bridgehead atoms. The molecule has 0 aliphatic carbocycles. The smallest absolute Gasteiger partial charge is 0.331 e. The molecule has 2 aromatic rings. The molecule has 2 fully saturated rings. The minimum atomic E-state index is -0.548. The molecule has 2 aromatic carbocycles. The third-order valence-electron chi connectivity index (χ3n) is 4.99. The summed E-state index contributed by atoms with van der Waals surface area (Å²) < 4.78 is 5.64. The van der Waals surface area contributed by atoms with E-state index in [-0.39, 0.29) is 22.0 Å². The lowest BCUT2D eigenvalue weighted by atomic mass is 9.97. The molecule has 4 nitrogen and oxygen atoms in total. The lowest BCUT2D eigenvalue weighted by molar-refractivity contribution is -0.164. The Bertz CT molecular complexity index is 782. The van der Waals surface area contributed by atoms with Gasteiger partial charge in [-0.25, -0.2) is 4.79 Å². The summed E-state index contributed by atoms with van der Waals surface area (Å²) >= 11 is 1.68. The number of hydrogen-bond acceptors (Lipinski definition) is 4. The highest BCUT2D eigenvalue weighted by Crippen LogP contribution is 2.51. The minimum absolute atomic E-state index is 0.0333. The highest BCUT2D eigenvalue weighted by Gasteiger charge is 2.59. The summed E-state index contributed by atoms with van der Waals surface area (Å²) in [6.45, 7) is 4.02. The fraction of sp³-hybridized carbons (Fsp3) is 0.333. The van der Waals surface area contributed by atoms with Gasteiger partial charge >= 0.3 is 5.97 Å². The zero-order chi connectivity index (χ0) is 18.3. The molecule has 2 saturated heterocycles. The molecule has 4 rings (SSSR count). The molecule has 5 heteroatoms. The van der Waals surface area contributed by atoms with Crippen LogP contribution < -0.4 is 0 Å². The number of ether oxygens (including phenoxy) is 1. The van der Waals surface area contributed by atoms with E-state index in [2.05, 4.69) is 0 Å². The van der Waals surface area contributed by atoms with E-state index < -0.39 is 12.1 Å². The normalized spacial score (nSPS) is 23.5. The van der Waals surface area contributed by atoms with Gasteiger partial charge in [-0.2, -0.15) is 0 Å². The predicted octanol–water partition coefficient (Wildman–Crippen LogP) is 3.77. The fourth-order valence-electron chi connectivity index (χ4n) is 3.72. The Labute approximate surface area is 157 Å². The SMILES string of the molecule is CC1(C)SC2CC(=O)N2[C@H]1C(=O)OC(c1ccccc1)c1ccccc1. The summed E-state index contributed by atoms with van der Waals surface area (Å²) in [4.78, 5) is 26.9. The van der Waals surface area contributed by atoms with Gasteiger partial charge in [0, 0.05) is 4.75 Å². The molecular formula is C21H21NO3S. The van der Waals surface area contributed by atoms with Crippen LogP contribution in [0.3, 0.4) is 0 Å². The second-order valence-corrected chi connectivity index (χ2v) is 9.05. The Kier molecular flexibility index (Phi) is 4.27. The van der Waals surface area contributed by atoms with Crippen LogP contribution in [0.1, 0.15) is 37.5 Å². The Hall–Kier alpha value is -2.27. The first kappa shape index (κ1) is 17.2. The molecule has 2 heterocycles. The van der Waals surface area contributed by atoms with E-state index in [0.29, 0.717) is 6.42 Å². The number of amides is 1. The molecule has 1 unspecified atom stereocenters. The third-order valence-corrected chi connectivity index (χ3v) is 6.48. The molecule has 26 heavy (non-hydrogen) atoms. The number of carbonyl (C=O) groups excluding carboxylic acids is 2. The van der Waals surface area contributed by atoms with E-state index in [1.54, 1.807) is 16.7 Å². The van der Waals surface area contributed by atoms with Crippen molar-refractivity contribution in [3.05, 3.63) is 71.8 Å². The first-order valence-electron chi connectivity index (χ1n) is 8.77. The van der Waals surface area contributed by atoms with Gasteiger partial charge in [0.15, 0.2) is 6.10 Å². The van der Waals surface area contributed by atoms with Crippen molar-refractivity contribution >= 4 is 23.6 Å². The number of thioether (sulfide) groups is 1. The van der Waals surface area contributed by atoms with Crippen LogP contribution in [0.15, 0.2) is 60.7 Å². The van der Waals surface area contributed by atoms with Gasteiger partial charge in [0.05, 0.1) is 11.8 Å². The van der Waals surface area contributed by atoms with Gasteiger partial charge in [0.1, 0.15) is 6.04 Å². The quantitative estimate of drug-likeness (QED) is 0.610. The predicted molar refractivity (Wildman–Crippen MR) is 102 cm³/mol. The summed E-state index contributed by atoms with van der Waals surface area (Å²) in [5.41, 5.74) is 1.84. The van der Waals surface area contributed by atoms with Crippen molar-refractivity contribution in [1.29, 1.82) is 0 Å². The highest BCUT2D eigenvalue weighted by atomic mass is 32.2. The zero-order valence-corrected chi connectivity index (χ0v) is 15.6. The molecule has 0 saturated carbocycles. The maximum atomic E-state index is 13.1. The highest BCUT2D eigenvalue weighted by molar-refractivity contribution is 8.01. The summed E-state index contributed by atoms with van der Waals surface area (Å²) in [5.74, 6) is -0.304. The molecule has 0 spiro atoms. The summed E-state index contributed by atoms with van der Waals surface area (Å²) in [5, 5.41) is 0.0990. The van der Waals surface area contributed by atoms with Crippen molar-refractivity contribution in [3.63, 3.8) is 0 Å². The number of benzene rings is 2. The van der Waals surface area contributed by atoms with E-state index in [1.807, 2.05) is 74.5 Å². The Morgan fingerprint density at radius 3 is 2.12 bits per heavy atom. The molecule has 0 N–H and O–H groups in total. The number of esters is 1. The fourth-order valence-corrected chi connectivity index (χ4v) is 5.34. The van der Waals surface area contributed by atoms with Crippen LogP contribution in [0.2, 0.25) is 0 Å². The summed E-state index contributed by atoms with van der Waals surface area (Å²) in [6.07, 6.45) is 0.0275. The van der Waals surface area contributed by atoms with Crippen LogP contribution in [0.5, 0.6) is 0 Å². The van der Waals surface area contributed by atoms with E-state index in [4.69, 9.17) is 4.74 Å². The Balaban J connectivity index is 1.64. The summed E-state index contributed by atoms with van der Waals surface area (Å²) in [6, 6.07) is 18.9. The van der Waals surface area contributed by atoms with Crippen LogP contribution in [0, 0.1) is 0 Å². The number of fused-ring (bicyclic) bond motifs is 1. The first-order valence-corrected chi connectivity index (χ1v) is 9.65. The lowest BCUT2D eigenvalue weighted by Crippen LogP contribution is -2.57. The van der Waals surface area contributed by atoms with Crippen molar-refractivity contribution in [2.24, 2.45) is 0 Å². The van der Waals surface area contributed by atoms with Gasteiger partial charge in [0.25, 0.3) is 0 Å². The Morgan fingerprint density at radius 2 is 1.62 bits per heavy atom. The molecule has 1 amide bonds. The van der Waals surface area contributed by atoms with Crippen LogP contribution >= 0.6 is 11.8 Å². The average Bonchev–Trinajstić information content (AvgIpc) is 2.86. The Morgan fingerprint density at radius 1 is 1.08 bits per heavy atom. The van der Waals surface area contributed by atoms with Gasteiger partial charge in [-0.1, -0.05) is 60.7 Å². The molecule has 0 radical (unpaired) electrons. The van der Waals surface area contributed by atoms with E-state index in [0.717, 1.165) is 11.1 Å². The van der Waals surface area contributed by atoms with Crippen molar-refractivity contribution in [2.45, 2.75) is 42.5 Å². The van der Waals surface area contributed by atoms with E-state index in [9.17, 15) is 9.59 Å². The van der Waals surface area contributed by atoms with Gasteiger partial charge in [0.2, 0.25) is 5.91 Å². The van der Waals surface area contributed by atoms with Crippen LogP contribution in [0.25, 0.3) is 0 Å². The number of nitrogens with zero attached hydrogens (tertiary/aromatic N) is 1. The van der Waals surface area contributed by atoms with Gasteiger partial charge in [-0.3, -0.25) is 4.79 Å². The average molecular weight is 367 g/mol. The van der Waals surface area contributed by atoms with Gasteiger partial charge in [-0.15, -0.1) is 11.8 Å². The zero-order valence-electron chi connectivity index (χ0n) is 14.8. The van der Waals surface area contributed by atoms with Crippen molar-refractivity contribution < 1.29 is 14.3 Å². The van der Waals surface area contributed by atoms with Gasteiger partial charge in [-0.05, 0) is 25.0 Å². The molecule has 2 aliphatic heterocycles. The van der Waals surface area contributed by atoms with Crippen LogP contribution in [-0.2, 0) is 14.3 Å². The van der Waals surface area contributed by atoms with E-state index >= 15 is 0 Å². The lowest BCUT2D eigenvalue weighted by Gasteiger charge is -2.38. The molecular weight excluding hydrogens is 346 g/mol. The maximum Gasteiger partial charge on any atom is 0.331 e. The monoisotopic (exact) mass is 367 g/mol. The van der Waals surface area contributed by atoms with Crippen LogP contribution in [-0.4, -0.2) is 32.9 Å². The number of rotatable bonds is 4. The minimum Gasteiger partial charge on any atom is -0.451 e. The second-order valence-electron chi connectivity index (χ2n) is 7.22. The van der Waals surface area contributed by atoms with Crippen molar-refractivity contribution in [1.82, 2.24) is 4.90 Å². The number of carbonyl (C=O) groups is 2. The topological polar surface area (TPSA) is 46.6 Å². The molecule has 2 atom stereocenters. The van der Waals surface area contributed by atoms with Crippen molar-refractivity contribution in [3.8, 4) is 0 Å². The molecule has 0 aromatic heterocycles. The maximum absolute atomic E-state index is 13.1. The molecule has 134 valence electrons. The second kappa shape index (κ2) is 6.47. The van der Waals surface area contributed by atoms with Gasteiger partial charge < -0.3 is 9.64 Å². The third kappa shape index (κ3) is 2.90. The molecule has 2 aliphatic rings. The number of β-lactam (4-membered cyclic amide) rings is 1. The number of hydrogen-bond donors (Lipinski definition) is 0. The van der Waals surface area contributed by atoms with Crippen molar-refractivity contribution in [2.75, 3.05) is 0 Å². The van der Waals surface area contributed by atoms with E-state index in [1.165, 1.54) is 0 Å². The summed E-state index contributed by atoms with van der Waals surface area (Å²) in [7, 11) is 0.